The number of aryl methyl sites for hydroxylation is 1. The van der Waals surface area contributed by atoms with Crippen LogP contribution in [0.15, 0.2) is 72.9 Å². The predicted octanol–water partition coefficient (Wildman–Crippen LogP) is 4.34. The van der Waals surface area contributed by atoms with Gasteiger partial charge in [0, 0.05) is 35.2 Å². The second kappa shape index (κ2) is 8.79. The molecule has 3 aromatic carbocycles. The third kappa shape index (κ3) is 3.50. The van der Waals surface area contributed by atoms with Gasteiger partial charge >= 0.3 is 0 Å². The lowest BCUT2D eigenvalue weighted by Crippen LogP contribution is -2.53. The van der Waals surface area contributed by atoms with E-state index >= 15 is 0 Å². The first-order chi connectivity index (χ1) is 18.9. The number of carbonyl (C=O) groups excluding carboxylic acids is 3. The Morgan fingerprint density at radius 3 is 2.56 bits per heavy atom. The highest BCUT2D eigenvalue weighted by molar-refractivity contribution is 6.35. The highest BCUT2D eigenvalue weighted by atomic mass is 35.5. The molecule has 0 radical (unpaired) electrons. The Morgan fingerprint density at radius 1 is 0.974 bits per heavy atom. The first-order valence-electron chi connectivity index (χ1n) is 13.2. The monoisotopic (exact) mass is 538 g/mol. The van der Waals surface area contributed by atoms with Crippen LogP contribution in [0.1, 0.15) is 22.3 Å². The first-order valence-corrected chi connectivity index (χ1v) is 13.6. The van der Waals surface area contributed by atoms with Crippen molar-refractivity contribution in [3.05, 3.63) is 100 Å². The van der Waals surface area contributed by atoms with E-state index in [0.717, 1.165) is 27.6 Å². The molecule has 3 aliphatic rings. The zero-order chi connectivity index (χ0) is 26.9. The Balaban J connectivity index is 1.32. The molecule has 7 nitrogen and oxygen atoms in total. The average molecular weight is 539 g/mol. The molecule has 8 heteroatoms. The van der Waals surface area contributed by atoms with E-state index in [4.69, 9.17) is 11.6 Å². The van der Waals surface area contributed by atoms with E-state index in [-0.39, 0.29) is 24.3 Å². The van der Waals surface area contributed by atoms with Crippen molar-refractivity contribution in [2.24, 2.45) is 11.8 Å². The van der Waals surface area contributed by atoms with Gasteiger partial charge < -0.3 is 10.3 Å². The van der Waals surface area contributed by atoms with Crippen LogP contribution in [0.5, 0.6) is 0 Å². The summed E-state index contributed by atoms with van der Waals surface area (Å²) in [6, 6.07) is 21.1. The van der Waals surface area contributed by atoms with Crippen LogP contribution in [-0.2, 0) is 32.8 Å². The fourth-order valence-electron chi connectivity index (χ4n) is 6.87. The standard InChI is InChI=1S/C31H27ClN4O3/c1-17-13-21-27(22(32)14-17)34-30(39)31(21)26-25(24(35-31)15-19-16-33-23-10-6-5-9-20(19)23)28(37)36(29(26)38)12-11-18-7-3-2-4-8-18/h2-10,13-14,16,24-26,33,35H,11-12,15H2,1H3,(H,34,39)/t24-,25-,26+,31-/m1/s1. The third-order valence-corrected chi connectivity index (χ3v) is 8.89. The predicted molar refractivity (Wildman–Crippen MR) is 149 cm³/mol. The van der Waals surface area contributed by atoms with Crippen LogP contribution in [0.2, 0.25) is 5.02 Å². The normalized spacial score (nSPS) is 25.5. The summed E-state index contributed by atoms with van der Waals surface area (Å²) >= 11 is 6.56. The molecule has 2 fully saturated rings. The molecule has 0 unspecified atom stereocenters. The number of para-hydroxylation sites is 1. The maximum atomic E-state index is 14.1. The Bertz CT molecular complexity index is 1670. The van der Waals surface area contributed by atoms with Crippen LogP contribution in [0.3, 0.4) is 0 Å². The van der Waals surface area contributed by atoms with Crippen LogP contribution >= 0.6 is 11.6 Å². The summed E-state index contributed by atoms with van der Waals surface area (Å²) in [6.07, 6.45) is 2.99. The number of nitrogens with zero attached hydrogens (tertiary/aromatic N) is 1. The molecule has 0 saturated carbocycles. The number of aromatic amines is 1. The van der Waals surface area contributed by atoms with Crippen molar-refractivity contribution in [2.75, 3.05) is 11.9 Å². The number of anilines is 1. The van der Waals surface area contributed by atoms with E-state index in [9.17, 15) is 14.4 Å². The summed E-state index contributed by atoms with van der Waals surface area (Å²) in [5.41, 5.74) is 3.73. The van der Waals surface area contributed by atoms with Crippen molar-refractivity contribution in [1.29, 1.82) is 0 Å². The van der Waals surface area contributed by atoms with Gasteiger partial charge in [0.25, 0.3) is 0 Å². The minimum atomic E-state index is -1.37. The number of benzene rings is 3. The number of hydrogen-bond donors (Lipinski definition) is 3. The fraction of sp³-hybridized carbons (Fsp3) is 0.258. The average Bonchev–Trinajstić information content (AvgIpc) is 3.64. The van der Waals surface area contributed by atoms with Crippen LogP contribution in [0.25, 0.3) is 10.9 Å². The maximum Gasteiger partial charge on any atom is 0.250 e. The Hall–Kier alpha value is -3.94. The molecule has 1 aromatic heterocycles. The number of halogens is 1. The van der Waals surface area contributed by atoms with Crippen LogP contribution in [0, 0.1) is 18.8 Å². The second-order valence-corrected chi connectivity index (χ2v) is 11.2. The quantitative estimate of drug-likeness (QED) is 0.330. The first kappa shape index (κ1) is 24.1. The second-order valence-electron chi connectivity index (χ2n) is 10.8. The summed E-state index contributed by atoms with van der Waals surface area (Å²) in [5, 5.41) is 7.95. The molecule has 3 N–H and O–H groups in total. The lowest BCUT2D eigenvalue weighted by Gasteiger charge is -2.30. The van der Waals surface area contributed by atoms with Crippen LogP contribution < -0.4 is 10.6 Å². The van der Waals surface area contributed by atoms with E-state index in [1.807, 2.05) is 73.8 Å². The van der Waals surface area contributed by atoms with Crippen molar-refractivity contribution >= 4 is 45.9 Å². The van der Waals surface area contributed by atoms with Gasteiger partial charge in [-0.2, -0.15) is 0 Å². The SMILES string of the molecule is Cc1cc(Cl)c2c(c1)[C@]1(N[C@H](Cc3c[nH]c4ccccc34)[C@H]3C(=O)N(CCc4ccccc4)C(=O)[C@H]31)C(=O)N2. The molecule has 0 bridgehead atoms. The van der Waals surface area contributed by atoms with E-state index in [1.54, 1.807) is 6.07 Å². The van der Waals surface area contributed by atoms with Crippen molar-refractivity contribution in [3.63, 3.8) is 0 Å². The van der Waals surface area contributed by atoms with E-state index in [0.29, 0.717) is 29.1 Å². The van der Waals surface area contributed by atoms with Gasteiger partial charge in [-0.1, -0.05) is 66.2 Å². The van der Waals surface area contributed by atoms with E-state index < -0.39 is 23.4 Å². The molecule has 4 heterocycles. The molecule has 39 heavy (non-hydrogen) atoms. The number of fused-ring (bicyclic) bond motifs is 5. The van der Waals surface area contributed by atoms with E-state index in [1.165, 1.54) is 4.90 Å². The Labute approximate surface area is 230 Å². The van der Waals surface area contributed by atoms with Gasteiger partial charge in [0.05, 0.1) is 22.5 Å². The van der Waals surface area contributed by atoms with Crippen LogP contribution in [0.4, 0.5) is 5.69 Å². The molecule has 4 aromatic rings. The minimum Gasteiger partial charge on any atom is -0.361 e. The van der Waals surface area contributed by atoms with Gasteiger partial charge in [-0.3, -0.25) is 24.6 Å². The Kier molecular flexibility index (Phi) is 5.44. The number of aromatic nitrogens is 1. The summed E-state index contributed by atoms with van der Waals surface area (Å²) in [7, 11) is 0. The smallest absolute Gasteiger partial charge is 0.250 e. The maximum absolute atomic E-state index is 14.1. The molecule has 7 rings (SSSR count). The van der Waals surface area contributed by atoms with Gasteiger partial charge in [-0.05, 0) is 48.6 Å². The molecule has 1 spiro atoms. The number of likely N-dealkylation sites (tertiary alicyclic amines) is 1. The molecule has 196 valence electrons. The molecular weight excluding hydrogens is 512 g/mol. The fourth-order valence-corrected chi connectivity index (χ4v) is 7.19. The summed E-state index contributed by atoms with van der Waals surface area (Å²) in [4.78, 5) is 46.6. The zero-order valence-electron chi connectivity index (χ0n) is 21.3. The molecule has 4 atom stereocenters. The number of imide groups is 1. The van der Waals surface area contributed by atoms with Crippen molar-refractivity contribution in [1.82, 2.24) is 15.2 Å². The largest absolute Gasteiger partial charge is 0.361 e. The Morgan fingerprint density at radius 2 is 1.74 bits per heavy atom. The van der Waals surface area contributed by atoms with Crippen molar-refractivity contribution < 1.29 is 14.4 Å². The number of amides is 3. The molecule has 0 aliphatic carbocycles. The summed E-state index contributed by atoms with van der Waals surface area (Å²) in [5.74, 6) is -2.42. The third-order valence-electron chi connectivity index (χ3n) is 8.59. The number of H-pyrrole nitrogens is 1. The van der Waals surface area contributed by atoms with Gasteiger partial charge in [0.1, 0.15) is 5.54 Å². The number of carbonyl (C=O) groups is 3. The summed E-state index contributed by atoms with van der Waals surface area (Å²) in [6.45, 7) is 2.18. The zero-order valence-corrected chi connectivity index (χ0v) is 22.1. The molecule has 3 amide bonds. The molecule has 3 aliphatic heterocycles. The topological polar surface area (TPSA) is 94.3 Å². The lowest BCUT2D eigenvalue weighted by atomic mass is 9.76. The van der Waals surface area contributed by atoms with Gasteiger partial charge in [-0.25, -0.2) is 0 Å². The lowest BCUT2D eigenvalue weighted by molar-refractivity contribution is -0.142. The van der Waals surface area contributed by atoms with Crippen molar-refractivity contribution in [3.8, 4) is 0 Å². The number of nitrogens with one attached hydrogen (secondary N) is 3. The van der Waals surface area contributed by atoms with Gasteiger partial charge in [0.2, 0.25) is 17.7 Å². The summed E-state index contributed by atoms with van der Waals surface area (Å²) < 4.78 is 0. The van der Waals surface area contributed by atoms with Crippen molar-refractivity contribution in [2.45, 2.75) is 31.3 Å². The molecular formula is C31H27ClN4O3. The number of hydrogen-bond acceptors (Lipinski definition) is 4. The van der Waals surface area contributed by atoms with Gasteiger partial charge in [-0.15, -0.1) is 0 Å². The molecule has 2 saturated heterocycles. The van der Waals surface area contributed by atoms with E-state index in [2.05, 4.69) is 15.6 Å². The number of rotatable bonds is 5. The van der Waals surface area contributed by atoms with Gasteiger partial charge in [0.15, 0.2) is 0 Å². The highest BCUT2D eigenvalue weighted by Gasteiger charge is 2.70. The highest BCUT2D eigenvalue weighted by Crippen LogP contribution is 2.54. The minimum absolute atomic E-state index is 0.227. The van der Waals surface area contributed by atoms with Crippen LogP contribution in [-0.4, -0.2) is 40.2 Å².